The molecular weight excluding hydrogens is 276 g/mol. The summed E-state index contributed by atoms with van der Waals surface area (Å²) in [5.41, 5.74) is 8.36. The fraction of sp³-hybridized carbons (Fsp3) is 0.286. The van der Waals surface area contributed by atoms with Crippen LogP contribution in [0.1, 0.15) is 27.4 Å². The van der Waals surface area contributed by atoms with Crippen molar-refractivity contribution in [1.29, 1.82) is 0 Å². The van der Waals surface area contributed by atoms with Crippen LogP contribution in [0.25, 0.3) is 0 Å². The van der Waals surface area contributed by atoms with Crippen molar-refractivity contribution in [2.45, 2.75) is 30.9 Å². The van der Waals surface area contributed by atoms with Gasteiger partial charge in [0.1, 0.15) is 5.76 Å². The van der Waals surface area contributed by atoms with Gasteiger partial charge in [0.25, 0.3) is 5.22 Å². The zero-order chi connectivity index (χ0) is 14.9. The highest BCUT2D eigenvalue weighted by atomic mass is 32.2. The van der Waals surface area contributed by atoms with Crippen LogP contribution in [0, 0.1) is 20.8 Å². The maximum absolute atomic E-state index is 11.7. The Labute approximate surface area is 121 Å². The van der Waals surface area contributed by atoms with E-state index in [1.807, 2.05) is 26.8 Å². The van der Waals surface area contributed by atoms with E-state index >= 15 is 0 Å². The van der Waals surface area contributed by atoms with E-state index in [2.05, 4.69) is 4.98 Å². The summed E-state index contributed by atoms with van der Waals surface area (Å²) in [5.74, 6) is 0.334. The lowest BCUT2D eigenvalue weighted by Crippen LogP contribution is -2.07. The fourth-order valence-corrected chi connectivity index (χ4v) is 2.65. The van der Waals surface area contributed by atoms with Crippen LogP contribution >= 0.6 is 11.8 Å². The molecule has 0 aliphatic heterocycles. The normalized spacial score (nSPS) is 10.6. The molecule has 0 bridgehead atoms. The molecule has 0 fully saturated rings. The molecule has 2 rings (SSSR count). The number of oxazole rings is 1. The molecule has 0 atom stereocenters. The number of nitrogens with zero attached hydrogens (tertiary/aromatic N) is 1. The summed E-state index contributed by atoms with van der Waals surface area (Å²) in [6, 6.07) is 3.58. The number of benzene rings is 1. The van der Waals surface area contributed by atoms with Crippen LogP contribution in [0.4, 0.5) is 5.69 Å². The van der Waals surface area contributed by atoms with Crippen molar-refractivity contribution >= 4 is 23.4 Å². The number of carbonyl (C=O) groups is 1. The van der Waals surface area contributed by atoms with Crippen molar-refractivity contribution in [3.05, 3.63) is 34.7 Å². The number of aromatic nitrogens is 1. The Hall–Kier alpha value is -1.95. The molecule has 106 valence electrons. The Bertz CT molecular complexity index is 645. The third-order valence-electron chi connectivity index (χ3n) is 2.98. The molecule has 0 aliphatic rings. The van der Waals surface area contributed by atoms with Crippen molar-refractivity contribution in [2.75, 3.05) is 12.8 Å². The van der Waals surface area contributed by atoms with Crippen molar-refractivity contribution in [3.63, 3.8) is 0 Å². The van der Waals surface area contributed by atoms with Gasteiger partial charge in [0, 0.05) is 10.6 Å². The minimum atomic E-state index is -0.451. The number of anilines is 1. The third kappa shape index (κ3) is 2.80. The lowest BCUT2D eigenvalue weighted by molar-refractivity contribution is 0.0601. The highest BCUT2D eigenvalue weighted by Crippen LogP contribution is 2.32. The number of hydrogen-bond acceptors (Lipinski definition) is 6. The van der Waals surface area contributed by atoms with Crippen molar-refractivity contribution in [2.24, 2.45) is 0 Å². The minimum absolute atomic E-state index is 0.356. The lowest BCUT2D eigenvalue weighted by Gasteiger charge is -2.09. The summed E-state index contributed by atoms with van der Waals surface area (Å²) in [7, 11) is 1.33. The van der Waals surface area contributed by atoms with Crippen LogP contribution < -0.4 is 5.73 Å². The van der Waals surface area contributed by atoms with Crippen LogP contribution in [0.5, 0.6) is 0 Å². The van der Waals surface area contributed by atoms with E-state index in [1.165, 1.54) is 18.9 Å². The van der Waals surface area contributed by atoms with Crippen molar-refractivity contribution < 1.29 is 13.9 Å². The van der Waals surface area contributed by atoms with Gasteiger partial charge in [-0.05, 0) is 50.2 Å². The summed E-state index contributed by atoms with van der Waals surface area (Å²) in [6.07, 6.45) is 0. The molecule has 0 spiro atoms. The van der Waals surface area contributed by atoms with E-state index in [0.29, 0.717) is 16.5 Å². The van der Waals surface area contributed by atoms with E-state index < -0.39 is 5.97 Å². The smallest absolute Gasteiger partial charge is 0.340 e. The molecule has 1 heterocycles. The van der Waals surface area contributed by atoms with E-state index in [0.717, 1.165) is 21.9 Å². The number of rotatable bonds is 3. The molecule has 0 unspecified atom stereocenters. The predicted octanol–water partition coefficient (Wildman–Crippen LogP) is 3.12. The Morgan fingerprint density at radius 1 is 1.35 bits per heavy atom. The van der Waals surface area contributed by atoms with Crippen LogP contribution in [-0.4, -0.2) is 18.1 Å². The summed E-state index contributed by atoms with van der Waals surface area (Å²) in [6.45, 7) is 5.59. The van der Waals surface area contributed by atoms with Gasteiger partial charge in [-0.25, -0.2) is 9.78 Å². The first-order valence-electron chi connectivity index (χ1n) is 6.02. The Morgan fingerprint density at radius 2 is 2.05 bits per heavy atom. The highest BCUT2D eigenvalue weighted by molar-refractivity contribution is 7.99. The monoisotopic (exact) mass is 292 g/mol. The second-order valence-electron chi connectivity index (χ2n) is 4.42. The van der Waals surface area contributed by atoms with E-state index in [-0.39, 0.29) is 0 Å². The lowest BCUT2D eigenvalue weighted by atomic mass is 10.1. The number of ether oxygens (including phenoxy) is 1. The molecule has 1 aromatic heterocycles. The summed E-state index contributed by atoms with van der Waals surface area (Å²) < 4.78 is 10.3. The quantitative estimate of drug-likeness (QED) is 0.691. The standard InChI is InChI=1S/C14H16N2O3S/c1-7-5-10(6-11(12(7)15)13(17)18-4)20-14-16-8(2)9(3)19-14/h5-6H,15H2,1-4H3. The fourth-order valence-electron chi connectivity index (χ4n) is 1.69. The van der Waals surface area contributed by atoms with Crippen molar-refractivity contribution in [1.82, 2.24) is 4.98 Å². The average Bonchev–Trinajstić information content (AvgIpc) is 2.71. The second kappa shape index (κ2) is 5.58. The summed E-state index contributed by atoms with van der Waals surface area (Å²) in [5, 5.41) is 0.542. The predicted molar refractivity (Wildman–Crippen MR) is 77.0 cm³/mol. The second-order valence-corrected chi connectivity index (χ2v) is 5.44. The van der Waals surface area contributed by atoms with Crippen molar-refractivity contribution in [3.8, 4) is 0 Å². The molecule has 1 aromatic carbocycles. The first kappa shape index (κ1) is 14.5. The summed E-state index contributed by atoms with van der Waals surface area (Å²) >= 11 is 1.35. The maximum atomic E-state index is 11.7. The molecule has 0 aliphatic carbocycles. The van der Waals surface area contributed by atoms with Crippen LogP contribution in [0.2, 0.25) is 0 Å². The van der Waals surface area contributed by atoms with Gasteiger partial charge in [-0.15, -0.1) is 0 Å². The van der Waals surface area contributed by atoms with Crippen LogP contribution in [0.15, 0.2) is 26.7 Å². The van der Waals surface area contributed by atoms with Gasteiger partial charge in [-0.3, -0.25) is 0 Å². The van der Waals surface area contributed by atoms with Crippen LogP contribution in [-0.2, 0) is 4.74 Å². The van der Waals surface area contributed by atoms with Gasteiger partial charge >= 0.3 is 5.97 Å². The molecule has 6 heteroatoms. The number of nitrogen functional groups attached to an aromatic ring is 1. The van der Waals surface area contributed by atoms with Gasteiger partial charge in [0.15, 0.2) is 0 Å². The first-order valence-corrected chi connectivity index (χ1v) is 6.84. The van der Waals surface area contributed by atoms with Gasteiger partial charge in [-0.2, -0.15) is 0 Å². The molecule has 0 amide bonds. The Kier molecular flexibility index (Phi) is 4.04. The maximum Gasteiger partial charge on any atom is 0.340 e. The minimum Gasteiger partial charge on any atom is -0.465 e. The first-order chi connectivity index (χ1) is 9.42. The number of aryl methyl sites for hydroxylation is 3. The molecule has 20 heavy (non-hydrogen) atoms. The molecule has 0 saturated heterocycles. The molecule has 0 saturated carbocycles. The third-order valence-corrected chi connectivity index (χ3v) is 3.80. The number of nitrogens with two attached hydrogens (primary N) is 1. The largest absolute Gasteiger partial charge is 0.465 e. The number of hydrogen-bond donors (Lipinski definition) is 1. The van der Waals surface area contributed by atoms with Gasteiger partial charge < -0.3 is 14.9 Å². The topological polar surface area (TPSA) is 78.3 Å². The molecule has 0 radical (unpaired) electrons. The highest BCUT2D eigenvalue weighted by Gasteiger charge is 2.15. The van der Waals surface area contributed by atoms with Gasteiger partial charge in [0.2, 0.25) is 0 Å². The van der Waals surface area contributed by atoms with E-state index in [9.17, 15) is 4.79 Å². The average molecular weight is 292 g/mol. The Morgan fingerprint density at radius 3 is 2.60 bits per heavy atom. The zero-order valence-corrected chi connectivity index (χ0v) is 12.6. The summed E-state index contributed by atoms with van der Waals surface area (Å²) in [4.78, 5) is 16.8. The zero-order valence-electron chi connectivity index (χ0n) is 11.8. The molecule has 2 aromatic rings. The number of esters is 1. The molecule has 5 nitrogen and oxygen atoms in total. The SMILES string of the molecule is COC(=O)c1cc(Sc2nc(C)c(C)o2)cc(C)c1N. The Balaban J connectivity index is 2.37. The van der Waals surface area contributed by atoms with E-state index in [1.54, 1.807) is 6.07 Å². The molecular formula is C14H16N2O3S. The van der Waals surface area contributed by atoms with Gasteiger partial charge in [-0.1, -0.05) is 0 Å². The number of carbonyl (C=O) groups excluding carboxylic acids is 1. The van der Waals surface area contributed by atoms with Crippen LogP contribution in [0.3, 0.4) is 0 Å². The van der Waals surface area contributed by atoms with Gasteiger partial charge in [0.05, 0.1) is 18.4 Å². The number of methoxy groups -OCH3 is 1. The van der Waals surface area contributed by atoms with E-state index in [4.69, 9.17) is 14.9 Å². The molecule has 2 N–H and O–H groups in total.